The van der Waals surface area contributed by atoms with E-state index in [0.29, 0.717) is 31.5 Å². The van der Waals surface area contributed by atoms with Crippen LogP contribution in [0.3, 0.4) is 0 Å². The summed E-state index contributed by atoms with van der Waals surface area (Å²) in [6.07, 6.45) is -6.43. The number of carbonyl (C=O) groups is 2. The summed E-state index contributed by atoms with van der Waals surface area (Å²) >= 11 is 0. The molecule has 0 spiro atoms. The van der Waals surface area contributed by atoms with E-state index < -0.39 is 46.7 Å². The molecule has 0 aliphatic carbocycles. The van der Waals surface area contributed by atoms with E-state index in [1.807, 2.05) is 0 Å². The van der Waals surface area contributed by atoms with Crippen LogP contribution in [0.2, 0.25) is 0 Å². The molecule has 2 N–H and O–H groups in total. The molecule has 0 bridgehead atoms. The number of aromatic amines is 1. The Labute approximate surface area is 236 Å². The van der Waals surface area contributed by atoms with Gasteiger partial charge >= 0.3 is 12.4 Å². The molecule has 230 valence electrons. The minimum absolute atomic E-state index is 0.0394. The van der Waals surface area contributed by atoms with Gasteiger partial charge in [0.1, 0.15) is 5.56 Å². The van der Waals surface area contributed by atoms with Crippen molar-refractivity contribution in [2.45, 2.75) is 51.0 Å². The molecule has 16 heteroatoms. The zero-order valence-electron chi connectivity index (χ0n) is 22.8. The van der Waals surface area contributed by atoms with E-state index in [4.69, 9.17) is 4.74 Å². The van der Waals surface area contributed by atoms with Crippen molar-refractivity contribution in [3.05, 3.63) is 45.6 Å². The Hall–Kier alpha value is -3.69. The van der Waals surface area contributed by atoms with Gasteiger partial charge in [0, 0.05) is 32.4 Å². The van der Waals surface area contributed by atoms with Crippen molar-refractivity contribution in [1.82, 2.24) is 20.1 Å². The van der Waals surface area contributed by atoms with Crippen LogP contribution in [-0.2, 0) is 33.1 Å². The van der Waals surface area contributed by atoms with Gasteiger partial charge in [-0.1, -0.05) is 0 Å². The Bertz CT molecular complexity index is 1360. The molecular weight excluding hydrogens is 574 g/mol. The lowest BCUT2D eigenvalue weighted by Gasteiger charge is -2.41. The first-order valence-electron chi connectivity index (χ1n) is 13.3. The van der Waals surface area contributed by atoms with E-state index in [-0.39, 0.29) is 49.6 Å². The van der Waals surface area contributed by atoms with E-state index >= 15 is 0 Å². The maximum atomic E-state index is 13.4. The number of piperidine rings is 1. The molecule has 42 heavy (non-hydrogen) atoms. The zero-order valence-corrected chi connectivity index (χ0v) is 22.8. The van der Waals surface area contributed by atoms with Crippen molar-refractivity contribution in [2.75, 3.05) is 43.6 Å². The fraction of sp³-hybridized carbons (Fsp3) is 0.577. The SMILES string of the molecule is C[C@@H](COCCC(=O)N1CCC2CCc3ncc(C(F)(F)F)cc3N(C)C(=O)[C@H]2C1)Nc1cn[nH]c(=O)c1C(F)(F)F. The molecule has 0 saturated carbocycles. The number of hydrogen-bond donors (Lipinski definition) is 2. The van der Waals surface area contributed by atoms with Crippen LogP contribution in [0.15, 0.2) is 23.3 Å². The number of aryl methyl sites for hydroxylation is 1. The normalized spacial score (nSPS) is 20.3. The summed E-state index contributed by atoms with van der Waals surface area (Å²) in [6.45, 7) is 1.94. The Morgan fingerprint density at radius 3 is 2.60 bits per heavy atom. The van der Waals surface area contributed by atoms with Gasteiger partial charge in [0.25, 0.3) is 5.56 Å². The fourth-order valence-corrected chi connectivity index (χ4v) is 5.34. The molecule has 2 aliphatic heterocycles. The number of nitrogens with one attached hydrogen (secondary N) is 2. The van der Waals surface area contributed by atoms with Crippen LogP contribution in [-0.4, -0.2) is 71.3 Å². The number of hydrogen-bond acceptors (Lipinski definition) is 7. The van der Waals surface area contributed by atoms with Gasteiger partial charge < -0.3 is 19.9 Å². The molecular formula is C26H30F6N6O4. The molecule has 0 radical (unpaired) electrons. The minimum atomic E-state index is -4.89. The second-order valence-corrected chi connectivity index (χ2v) is 10.5. The number of rotatable bonds is 7. The summed E-state index contributed by atoms with van der Waals surface area (Å²) in [7, 11) is 1.41. The van der Waals surface area contributed by atoms with Gasteiger partial charge in [-0.2, -0.15) is 31.4 Å². The molecule has 2 amide bonds. The predicted molar refractivity (Wildman–Crippen MR) is 138 cm³/mol. The number of ether oxygens (including phenoxy) is 1. The highest BCUT2D eigenvalue weighted by molar-refractivity contribution is 5.96. The Balaban J connectivity index is 1.31. The maximum Gasteiger partial charge on any atom is 0.423 e. The summed E-state index contributed by atoms with van der Waals surface area (Å²) in [5, 5.41) is 7.69. The van der Waals surface area contributed by atoms with Crippen LogP contribution in [0.5, 0.6) is 0 Å². The first kappa shape index (κ1) is 31.3. The van der Waals surface area contributed by atoms with Gasteiger partial charge in [-0.3, -0.25) is 19.4 Å². The van der Waals surface area contributed by atoms with Crippen molar-refractivity contribution in [1.29, 1.82) is 0 Å². The van der Waals surface area contributed by atoms with E-state index in [1.165, 1.54) is 23.8 Å². The summed E-state index contributed by atoms with van der Waals surface area (Å²) < 4.78 is 84.9. The minimum Gasteiger partial charge on any atom is -0.379 e. The highest BCUT2D eigenvalue weighted by Gasteiger charge is 2.41. The molecule has 10 nitrogen and oxygen atoms in total. The van der Waals surface area contributed by atoms with Crippen molar-refractivity contribution in [2.24, 2.45) is 11.8 Å². The number of amides is 2. The molecule has 2 aliphatic rings. The van der Waals surface area contributed by atoms with E-state index in [2.05, 4.69) is 15.4 Å². The Morgan fingerprint density at radius 1 is 1.17 bits per heavy atom. The number of pyridine rings is 1. The van der Waals surface area contributed by atoms with Gasteiger partial charge in [0.2, 0.25) is 11.8 Å². The molecule has 2 aromatic heterocycles. The van der Waals surface area contributed by atoms with E-state index in [1.54, 1.807) is 5.10 Å². The van der Waals surface area contributed by atoms with Crippen molar-refractivity contribution in [3.63, 3.8) is 0 Å². The van der Waals surface area contributed by atoms with Gasteiger partial charge in [-0.25, -0.2) is 5.10 Å². The molecule has 1 saturated heterocycles. The Morgan fingerprint density at radius 2 is 1.90 bits per heavy atom. The second kappa shape index (κ2) is 12.3. The number of nitrogens with zero attached hydrogens (tertiary/aromatic N) is 4. The van der Waals surface area contributed by atoms with Crippen LogP contribution in [0.1, 0.15) is 43.0 Å². The molecule has 1 fully saturated rings. The largest absolute Gasteiger partial charge is 0.423 e. The predicted octanol–water partition coefficient (Wildman–Crippen LogP) is 3.48. The summed E-state index contributed by atoms with van der Waals surface area (Å²) in [6, 6.07) is 0.273. The van der Waals surface area contributed by atoms with Gasteiger partial charge in [0.05, 0.1) is 54.4 Å². The smallest absolute Gasteiger partial charge is 0.379 e. The average Bonchev–Trinajstić information content (AvgIpc) is 2.91. The zero-order chi connectivity index (χ0) is 30.8. The third-order valence-corrected chi connectivity index (χ3v) is 7.51. The Kier molecular flexibility index (Phi) is 9.13. The van der Waals surface area contributed by atoms with Crippen molar-refractivity contribution < 1.29 is 40.7 Å². The van der Waals surface area contributed by atoms with Crippen LogP contribution in [0, 0.1) is 11.8 Å². The third kappa shape index (κ3) is 7.02. The van der Waals surface area contributed by atoms with Crippen LogP contribution >= 0.6 is 0 Å². The number of H-pyrrole nitrogens is 1. The molecule has 2 aromatic rings. The lowest BCUT2D eigenvalue weighted by molar-refractivity contribution is -0.139. The molecule has 1 unspecified atom stereocenters. The molecule has 3 atom stereocenters. The molecule has 4 rings (SSSR count). The van der Waals surface area contributed by atoms with Crippen molar-refractivity contribution in [3.8, 4) is 0 Å². The number of fused-ring (bicyclic) bond motifs is 2. The molecule has 4 heterocycles. The average molecular weight is 605 g/mol. The summed E-state index contributed by atoms with van der Waals surface area (Å²) in [4.78, 5) is 44.6. The number of likely N-dealkylation sites (tertiary alicyclic amines) is 1. The van der Waals surface area contributed by atoms with E-state index in [0.717, 1.165) is 18.5 Å². The number of halogens is 6. The van der Waals surface area contributed by atoms with Crippen LogP contribution < -0.4 is 15.8 Å². The number of anilines is 2. The highest BCUT2D eigenvalue weighted by atomic mass is 19.4. The van der Waals surface area contributed by atoms with Gasteiger partial charge in [-0.15, -0.1) is 0 Å². The number of carbonyl (C=O) groups excluding carboxylic acids is 2. The third-order valence-electron chi connectivity index (χ3n) is 7.51. The summed E-state index contributed by atoms with van der Waals surface area (Å²) in [5.41, 5.74) is -3.71. The summed E-state index contributed by atoms with van der Waals surface area (Å²) in [5.74, 6) is -1.33. The van der Waals surface area contributed by atoms with Gasteiger partial charge in [-0.05, 0) is 38.2 Å². The topological polar surface area (TPSA) is 121 Å². The highest BCUT2D eigenvalue weighted by Crippen LogP contribution is 2.37. The quantitative estimate of drug-likeness (QED) is 0.367. The van der Waals surface area contributed by atoms with Crippen LogP contribution in [0.25, 0.3) is 0 Å². The molecule has 0 aromatic carbocycles. The monoisotopic (exact) mass is 604 g/mol. The number of aromatic nitrogens is 3. The first-order chi connectivity index (χ1) is 19.7. The lowest BCUT2D eigenvalue weighted by atomic mass is 9.79. The maximum absolute atomic E-state index is 13.4. The van der Waals surface area contributed by atoms with E-state index in [9.17, 15) is 40.7 Å². The fourth-order valence-electron chi connectivity index (χ4n) is 5.34. The second-order valence-electron chi connectivity index (χ2n) is 10.5. The number of alkyl halides is 6. The van der Waals surface area contributed by atoms with Crippen molar-refractivity contribution >= 4 is 23.2 Å². The van der Waals surface area contributed by atoms with Gasteiger partial charge in [0.15, 0.2) is 0 Å². The van der Waals surface area contributed by atoms with Crippen LogP contribution in [0.4, 0.5) is 37.7 Å². The standard InChI is InChI=1S/C26H30F6N6O4/c1-14(35-19-11-34-36-23(40)22(19)26(30,31)32)13-42-8-6-21(39)38-7-5-15-3-4-18-20(37(2)24(41)17(15)12-38)9-16(10-33-18)25(27,28)29/h9-11,14-15,17H,3-8,12-13H2,1-2H3,(H2,35,36,40)/t14-,15?,17-/m0/s1. The lowest BCUT2D eigenvalue weighted by Crippen LogP contribution is -2.51. The first-order valence-corrected chi connectivity index (χ1v) is 13.3.